The second kappa shape index (κ2) is 6.53. The molecule has 0 saturated carbocycles. The van der Waals surface area contributed by atoms with Crippen molar-refractivity contribution in [2.24, 2.45) is 5.92 Å². The molecule has 0 radical (unpaired) electrons. The molecule has 1 aliphatic heterocycles. The van der Waals surface area contributed by atoms with Crippen LogP contribution in [0.3, 0.4) is 0 Å². The van der Waals surface area contributed by atoms with E-state index in [1.807, 2.05) is 27.7 Å². The number of esters is 1. The molecule has 0 aliphatic carbocycles. The van der Waals surface area contributed by atoms with Crippen LogP contribution in [0.25, 0.3) is 0 Å². The minimum atomic E-state index is -0.422. The summed E-state index contributed by atoms with van der Waals surface area (Å²) < 4.78 is 10.7. The van der Waals surface area contributed by atoms with E-state index in [0.29, 0.717) is 12.0 Å². The Hall–Kier alpha value is -0.610. The van der Waals surface area contributed by atoms with E-state index in [9.17, 15) is 4.79 Å². The predicted octanol–water partition coefficient (Wildman–Crippen LogP) is 2.12. The van der Waals surface area contributed by atoms with Gasteiger partial charge in [-0.3, -0.25) is 4.79 Å². The summed E-state index contributed by atoms with van der Waals surface area (Å²) in [5.41, 5.74) is -0.422. The first-order valence-electron chi connectivity index (χ1n) is 6.86. The Bertz CT molecular complexity index is 267. The number of ether oxygens (including phenoxy) is 2. The fraction of sp³-hybridized carbons (Fsp3) is 0.929. The van der Waals surface area contributed by atoms with Gasteiger partial charge in [-0.2, -0.15) is 0 Å². The van der Waals surface area contributed by atoms with E-state index in [2.05, 4.69) is 12.2 Å². The first-order valence-corrected chi connectivity index (χ1v) is 6.86. The molecular weight excluding hydrogens is 230 g/mol. The Balaban J connectivity index is 2.38. The van der Waals surface area contributed by atoms with Crippen molar-refractivity contribution >= 4 is 5.97 Å². The van der Waals surface area contributed by atoms with Crippen molar-refractivity contribution in [2.45, 2.75) is 65.1 Å². The largest absolute Gasteiger partial charge is 0.459 e. The van der Waals surface area contributed by atoms with Crippen LogP contribution in [0, 0.1) is 5.92 Å². The number of hydrogen-bond acceptors (Lipinski definition) is 4. The van der Waals surface area contributed by atoms with Crippen LogP contribution in [0.1, 0.15) is 47.5 Å². The molecule has 1 N–H and O–H groups in total. The molecule has 1 saturated heterocycles. The zero-order chi connectivity index (χ0) is 13.8. The lowest BCUT2D eigenvalue weighted by Gasteiger charge is -2.31. The first-order chi connectivity index (χ1) is 8.29. The van der Waals surface area contributed by atoms with Crippen LogP contribution in [-0.2, 0) is 14.3 Å². The van der Waals surface area contributed by atoms with Crippen LogP contribution in [0.2, 0.25) is 0 Å². The highest BCUT2D eigenvalue weighted by molar-refractivity contribution is 5.75. The Labute approximate surface area is 110 Å². The number of carbonyl (C=O) groups is 1. The second-order valence-electron chi connectivity index (χ2n) is 6.16. The lowest BCUT2D eigenvalue weighted by Crippen LogP contribution is -2.46. The van der Waals surface area contributed by atoms with E-state index in [1.54, 1.807) is 0 Å². The first kappa shape index (κ1) is 15.4. The summed E-state index contributed by atoms with van der Waals surface area (Å²) in [6.45, 7) is 11.3. The summed E-state index contributed by atoms with van der Waals surface area (Å²) in [6, 6.07) is 0.0542. The third-order valence-electron chi connectivity index (χ3n) is 3.25. The third-order valence-corrected chi connectivity index (χ3v) is 3.25. The predicted molar refractivity (Wildman–Crippen MR) is 71.4 cm³/mol. The highest BCUT2D eigenvalue weighted by Gasteiger charge is 2.26. The topological polar surface area (TPSA) is 47.6 Å². The van der Waals surface area contributed by atoms with E-state index in [4.69, 9.17) is 9.47 Å². The van der Waals surface area contributed by atoms with Crippen LogP contribution in [0.4, 0.5) is 0 Å². The molecule has 106 valence electrons. The molecule has 4 heteroatoms. The molecule has 0 aromatic heterocycles. The monoisotopic (exact) mass is 257 g/mol. The van der Waals surface area contributed by atoms with Crippen LogP contribution in [0.15, 0.2) is 0 Å². The Morgan fingerprint density at radius 1 is 1.28 bits per heavy atom. The summed E-state index contributed by atoms with van der Waals surface area (Å²) >= 11 is 0. The molecule has 1 heterocycles. The lowest BCUT2D eigenvalue weighted by molar-refractivity contribution is -0.157. The molecule has 2 atom stereocenters. The summed E-state index contributed by atoms with van der Waals surface area (Å²) in [5.74, 6) is 0.407. The minimum Gasteiger partial charge on any atom is -0.459 e. The SMILES string of the molecule is CC(NC(C)C1CCOCC1)C(=O)OC(C)(C)C. The lowest BCUT2D eigenvalue weighted by atomic mass is 9.92. The van der Waals surface area contributed by atoms with E-state index in [1.165, 1.54) is 0 Å². The van der Waals surface area contributed by atoms with Gasteiger partial charge in [-0.1, -0.05) is 0 Å². The fourth-order valence-corrected chi connectivity index (χ4v) is 2.20. The van der Waals surface area contributed by atoms with E-state index in [0.717, 1.165) is 26.1 Å². The van der Waals surface area contributed by atoms with Crippen molar-refractivity contribution in [1.82, 2.24) is 5.32 Å². The maximum Gasteiger partial charge on any atom is 0.323 e. The summed E-state index contributed by atoms with van der Waals surface area (Å²) in [7, 11) is 0. The van der Waals surface area contributed by atoms with Gasteiger partial charge in [0, 0.05) is 19.3 Å². The average molecular weight is 257 g/mol. The number of rotatable bonds is 4. The summed E-state index contributed by atoms with van der Waals surface area (Å²) in [6.07, 6.45) is 2.13. The van der Waals surface area contributed by atoms with E-state index < -0.39 is 5.60 Å². The van der Waals surface area contributed by atoms with Crippen molar-refractivity contribution in [3.8, 4) is 0 Å². The number of nitrogens with one attached hydrogen (secondary N) is 1. The normalized spacial score (nSPS) is 21.4. The highest BCUT2D eigenvalue weighted by atomic mass is 16.6. The van der Waals surface area contributed by atoms with Gasteiger partial charge in [0.2, 0.25) is 0 Å². The van der Waals surface area contributed by atoms with Crippen molar-refractivity contribution < 1.29 is 14.3 Å². The van der Waals surface area contributed by atoms with Crippen LogP contribution in [-0.4, -0.2) is 36.9 Å². The fourth-order valence-electron chi connectivity index (χ4n) is 2.20. The zero-order valence-electron chi connectivity index (χ0n) is 12.3. The van der Waals surface area contributed by atoms with Gasteiger partial charge in [0.1, 0.15) is 11.6 Å². The minimum absolute atomic E-state index is 0.179. The smallest absolute Gasteiger partial charge is 0.323 e. The molecule has 0 aromatic rings. The molecule has 1 fully saturated rings. The number of hydrogen-bond donors (Lipinski definition) is 1. The zero-order valence-corrected chi connectivity index (χ0v) is 12.3. The standard InChI is InChI=1S/C14H27NO3/c1-10(12-6-8-17-9-7-12)15-11(2)13(16)18-14(3,4)5/h10-12,15H,6-9H2,1-5H3. The van der Waals surface area contributed by atoms with Gasteiger partial charge in [-0.25, -0.2) is 0 Å². The Kier molecular flexibility index (Phi) is 5.60. The van der Waals surface area contributed by atoms with Gasteiger partial charge in [0.25, 0.3) is 0 Å². The van der Waals surface area contributed by atoms with Crippen molar-refractivity contribution in [1.29, 1.82) is 0 Å². The van der Waals surface area contributed by atoms with Crippen molar-refractivity contribution in [3.63, 3.8) is 0 Å². The van der Waals surface area contributed by atoms with Gasteiger partial charge in [0.05, 0.1) is 0 Å². The molecule has 0 aromatic carbocycles. The Morgan fingerprint density at radius 3 is 2.33 bits per heavy atom. The van der Waals surface area contributed by atoms with E-state index >= 15 is 0 Å². The molecule has 1 aliphatic rings. The third kappa shape index (κ3) is 5.36. The van der Waals surface area contributed by atoms with E-state index in [-0.39, 0.29) is 12.0 Å². The van der Waals surface area contributed by atoms with Gasteiger partial charge < -0.3 is 14.8 Å². The molecular formula is C14H27NO3. The average Bonchev–Trinajstić information content (AvgIpc) is 2.27. The molecule has 0 spiro atoms. The molecule has 0 amide bonds. The molecule has 2 unspecified atom stereocenters. The van der Waals surface area contributed by atoms with Gasteiger partial charge >= 0.3 is 5.97 Å². The molecule has 4 nitrogen and oxygen atoms in total. The maximum absolute atomic E-state index is 11.9. The molecule has 0 bridgehead atoms. The summed E-state index contributed by atoms with van der Waals surface area (Å²) in [4.78, 5) is 11.9. The van der Waals surface area contributed by atoms with Crippen LogP contribution < -0.4 is 5.32 Å². The van der Waals surface area contributed by atoms with Gasteiger partial charge in [-0.05, 0) is 53.4 Å². The van der Waals surface area contributed by atoms with Crippen LogP contribution in [0.5, 0.6) is 0 Å². The Morgan fingerprint density at radius 2 is 1.83 bits per heavy atom. The molecule has 18 heavy (non-hydrogen) atoms. The van der Waals surface area contributed by atoms with Gasteiger partial charge in [-0.15, -0.1) is 0 Å². The second-order valence-corrected chi connectivity index (χ2v) is 6.16. The van der Waals surface area contributed by atoms with Gasteiger partial charge in [0.15, 0.2) is 0 Å². The van der Waals surface area contributed by atoms with Crippen molar-refractivity contribution in [3.05, 3.63) is 0 Å². The highest BCUT2D eigenvalue weighted by Crippen LogP contribution is 2.19. The quantitative estimate of drug-likeness (QED) is 0.784. The van der Waals surface area contributed by atoms with Crippen molar-refractivity contribution in [2.75, 3.05) is 13.2 Å². The maximum atomic E-state index is 11.9. The molecule has 1 rings (SSSR count). The van der Waals surface area contributed by atoms with Crippen LogP contribution >= 0.6 is 0 Å². The summed E-state index contributed by atoms with van der Waals surface area (Å²) in [5, 5.41) is 3.34. The number of carbonyl (C=O) groups excluding carboxylic acids is 1.